The van der Waals surface area contributed by atoms with Crippen LogP contribution in [0.25, 0.3) is 11.3 Å². The molecule has 0 saturated heterocycles. The van der Waals surface area contributed by atoms with Crippen LogP contribution in [0.5, 0.6) is 5.75 Å². The molecule has 0 aliphatic heterocycles. The van der Waals surface area contributed by atoms with Crippen LogP contribution in [-0.2, 0) is 4.79 Å². The summed E-state index contributed by atoms with van der Waals surface area (Å²) in [7, 11) is 1.55. The highest BCUT2D eigenvalue weighted by Crippen LogP contribution is 2.27. The summed E-state index contributed by atoms with van der Waals surface area (Å²) in [5.41, 5.74) is 3.50. The number of thiazole rings is 1. The summed E-state index contributed by atoms with van der Waals surface area (Å²) in [6, 6.07) is 12.6. The fourth-order valence-electron chi connectivity index (χ4n) is 2.54. The Kier molecular flexibility index (Phi) is 5.98. The third-order valence-corrected chi connectivity index (χ3v) is 5.06. The fourth-order valence-corrected chi connectivity index (χ4v) is 3.42. The molecule has 0 aliphatic rings. The zero-order valence-corrected chi connectivity index (χ0v) is 16.8. The zero-order valence-electron chi connectivity index (χ0n) is 15.2. The van der Waals surface area contributed by atoms with E-state index in [0.29, 0.717) is 16.5 Å². The molecule has 2 aromatic carbocycles. The van der Waals surface area contributed by atoms with Gasteiger partial charge in [0.2, 0.25) is 5.91 Å². The van der Waals surface area contributed by atoms with Crippen molar-refractivity contribution in [3.8, 4) is 17.0 Å². The van der Waals surface area contributed by atoms with Crippen molar-refractivity contribution in [2.45, 2.75) is 19.9 Å². The summed E-state index contributed by atoms with van der Waals surface area (Å²) in [6.07, 6.45) is 0. The number of halogens is 1. The first-order valence-electron chi connectivity index (χ1n) is 8.40. The van der Waals surface area contributed by atoms with Crippen LogP contribution in [0.3, 0.4) is 0 Å². The summed E-state index contributed by atoms with van der Waals surface area (Å²) < 4.78 is 5.11. The molecule has 1 heterocycles. The predicted octanol–water partition coefficient (Wildman–Crippen LogP) is 5.22. The van der Waals surface area contributed by atoms with E-state index in [9.17, 15) is 4.79 Å². The number of amides is 1. The first kappa shape index (κ1) is 19.2. The number of carbonyl (C=O) groups is 1. The van der Waals surface area contributed by atoms with E-state index in [0.717, 1.165) is 22.0 Å². The Hall–Kier alpha value is -2.57. The number of hydrogen-bond acceptors (Lipinski definition) is 5. The van der Waals surface area contributed by atoms with Gasteiger partial charge in [0.05, 0.1) is 22.8 Å². The van der Waals surface area contributed by atoms with Gasteiger partial charge in [-0.1, -0.05) is 23.7 Å². The zero-order chi connectivity index (χ0) is 19.4. The van der Waals surface area contributed by atoms with E-state index in [-0.39, 0.29) is 5.91 Å². The number of hydrogen-bond donors (Lipinski definition) is 2. The molecular weight excluding hydrogens is 382 g/mol. The van der Waals surface area contributed by atoms with Gasteiger partial charge in [-0.25, -0.2) is 4.98 Å². The van der Waals surface area contributed by atoms with Crippen LogP contribution < -0.4 is 15.4 Å². The van der Waals surface area contributed by atoms with Crippen molar-refractivity contribution in [2.75, 3.05) is 17.7 Å². The molecule has 1 amide bonds. The van der Waals surface area contributed by atoms with E-state index in [2.05, 4.69) is 15.6 Å². The summed E-state index contributed by atoms with van der Waals surface area (Å²) in [6.45, 7) is 3.79. The minimum atomic E-state index is -0.418. The van der Waals surface area contributed by atoms with E-state index in [4.69, 9.17) is 16.3 Å². The number of nitrogens with one attached hydrogen (secondary N) is 2. The molecule has 0 aliphatic carbocycles. The van der Waals surface area contributed by atoms with E-state index in [1.165, 1.54) is 0 Å². The molecule has 0 bridgehead atoms. The average Bonchev–Trinajstić information content (AvgIpc) is 3.09. The molecule has 140 valence electrons. The number of aromatic nitrogens is 1. The number of ether oxygens (including phenoxy) is 1. The lowest BCUT2D eigenvalue weighted by Crippen LogP contribution is -2.31. The Morgan fingerprint density at radius 2 is 1.89 bits per heavy atom. The van der Waals surface area contributed by atoms with Gasteiger partial charge < -0.3 is 15.4 Å². The van der Waals surface area contributed by atoms with Crippen molar-refractivity contribution >= 4 is 40.2 Å². The van der Waals surface area contributed by atoms with Crippen LogP contribution in [0.15, 0.2) is 47.8 Å². The Balaban J connectivity index is 1.61. The molecule has 0 radical (unpaired) electrons. The second kappa shape index (κ2) is 8.41. The second-order valence-corrected chi connectivity index (χ2v) is 7.50. The molecule has 2 N–H and O–H groups in total. The molecular formula is C20H20ClN3O2S. The van der Waals surface area contributed by atoms with Gasteiger partial charge in [0, 0.05) is 22.3 Å². The minimum absolute atomic E-state index is 0.157. The van der Waals surface area contributed by atoms with Crippen LogP contribution in [-0.4, -0.2) is 24.0 Å². The lowest BCUT2D eigenvalue weighted by molar-refractivity contribution is -0.116. The summed E-state index contributed by atoms with van der Waals surface area (Å²) in [5.74, 6) is 0.409. The van der Waals surface area contributed by atoms with E-state index in [1.807, 2.05) is 36.6 Å². The topological polar surface area (TPSA) is 63.2 Å². The number of methoxy groups -OCH3 is 1. The van der Waals surface area contributed by atoms with Crippen LogP contribution in [0.4, 0.5) is 11.4 Å². The van der Waals surface area contributed by atoms with Crippen LogP contribution in [0.2, 0.25) is 5.02 Å². The Labute approximate surface area is 167 Å². The normalized spacial score (nSPS) is 11.7. The first-order chi connectivity index (χ1) is 13.0. The predicted molar refractivity (Wildman–Crippen MR) is 112 cm³/mol. The monoisotopic (exact) mass is 401 g/mol. The number of rotatable bonds is 6. The third kappa shape index (κ3) is 4.78. The van der Waals surface area contributed by atoms with Crippen molar-refractivity contribution in [1.29, 1.82) is 0 Å². The second-order valence-electron chi connectivity index (χ2n) is 6.03. The maximum Gasteiger partial charge on any atom is 0.246 e. The van der Waals surface area contributed by atoms with Gasteiger partial charge in [0.15, 0.2) is 0 Å². The van der Waals surface area contributed by atoms with Crippen molar-refractivity contribution < 1.29 is 9.53 Å². The number of aryl methyl sites for hydroxylation is 1. The van der Waals surface area contributed by atoms with Gasteiger partial charge in [-0.3, -0.25) is 4.79 Å². The van der Waals surface area contributed by atoms with Crippen molar-refractivity contribution in [3.05, 3.63) is 57.9 Å². The molecule has 1 aromatic heterocycles. The average molecular weight is 402 g/mol. The summed E-state index contributed by atoms with van der Waals surface area (Å²) in [5, 5.41) is 9.56. The van der Waals surface area contributed by atoms with Crippen LogP contribution in [0.1, 0.15) is 11.9 Å². The van der Waals surface area contributed by atoms with Crippen molar-refractivity contribution in [3.63, 3.8) is 0 Å². The minimum Gasteiger partial charge on any atom is -0.495 e. The van der Waals surface area contributed by atoms with Gasteiger partial charge in [-0.15, -0.1) is 11.3 Å². The number of benzene rings is 2. The van der Waals surface area contributed by atoms with Gasteiger partial charge >= 0.3 is 0 Å². The summed E-state index contributed by atoms with van der Waals surface area (Å²) >= 11 is 7.72. The molecule has 0 fully saturated rings. The molecule has 3 aromatic rings. The summed E-state index contributed by atoms with van der Waals surface area (Å²) in [4.78, 5) is 16.9. The van der Waals surface area contributed by atoms with Crippen LogP contribution >= 0.6 is 22.9 Å². The van der Waals surface area contributed by atoms with E-state index >= 15 is 0 Å². The lowest BCUT2D eigenvalue weighted by atomic mass is 10.1. The van der Waals surface area contributed by atoms with Crippen molar-refractivity contribution in [2.24, 2.45) is 0 Å². The molecule has 0 unspecified atom stereocenters. The number of nitrogens with zero attached hydrogens (tertiary/aromatic N) is 1. The fraction of sp³-hybridized carbons (Fsp3) is 0.200. The molecule has 7 heteroatoms. The molecule has 1 atom stereocenters. The Morgan fingerprint density at radius 1 is 1.19 bits per heavy atom. The van der Waals surface area contributed by atoms with Gasteiger partial charge in [-0.2, -0.15) is 0 Å². The van der Waals surface area contributed by atoms with E-state index < -0.39 is 6.04 Å². The molecule has 0 spiro atoms. The highest BCUT2D eigenvalue weighted by atomic mass is 35.5. The van der Waals surface area contributed by atoms with Crippen molar-refractivity contribution in [1.82, 2.24) is 4.98 Å². The Morgan fingerprint density at radius 3 is 2.48 bits per heavy atom. The maximum absolute atomic E-state index is 12.4. The van der Waals surface area contributed by atoms with Gasteiger partial charge in [-0.05, 0) is 44.2 Å². The van der Waals surface area contributed by atoms with Gasteiger partial charge in [0.25, 0.3) is 0 Å². The van der Waals surface area contributed by atoms with Gasteiger partial charge in [0.1, 0.15) is 11.8 Å². The smallest absolute Gasteiger partial charge is 0.246 e. The van der Waals surface area contributed by atoms with E-state index in [1.54, 1.807) is 43.6 Å². The third-order valence-electron chi connectivity index (χ3n) is 4.00. The highest BCUT2D eigenvalue weighted by Gasteiger charge is 2.14. The molecule has 3 rings (SSSR count). The molecule has 5 nitrogen and oxygen atoms in total. The number of carbonyl (C=O) groups excluding carboxylic acids is 1. The SMILES string of the molecule is COc1ccc(NC(=O)[C@H](C)Nc2ccc(-c3csc(C)n3)cc2)cc1Cl. The number of anilines is 2. The molecule has 27 heavy (non-hydrogen) atoms. The standard InChI is InChI=1S/C20H20ClN3O2S/c1-12(20(25)24-16-8-9-19(26-3)17(21)10-16)22-15-6-4-14(5-7-15)18-11-27-13(2)23-18/h4-12,22H,1-3H3,(H,24,25)/t12-/m0/s1. The largest absolute Gasteiger partial charge is 0.495 e. The van der Waals surface area contributed by atoms with Crippen LogP contribution in [0, 0.1) is 6.92 Å². The Bertz CT molecular complexity index is 941. The first-order valence-corrected chi connectivity index (χ1v) is 9.65. The highest BCUT2D eigenvalue weighted by molar-refractivity contribution is 7.09. The quantitative estimate of drug-likeness (QED) is 0.594. The lowest BCUT2D eigenvalue weighted by Gasteiger charge is -2.16. The maximum atomic E-state index is 12.4. The molecule has 0 saturated carbocycles.